The van der Waals surface area contributed by atoms with Crippen molar-refractivity contribution in [3.05, 3.63) is 30.4 Å². The smallest absolute Gasteiger partial charge is 0.315 e. The van der Waals surface area contributed by atoms with Crippen molar-refractivity contribution in [2.75, 3.05) is 13.6 Å². The molecule has 0 spiro atoms. The zero-order chi connectivity index (χ0) is 18.6. The van der Waals surface area contributed by atoms with Crippen LogP contribution in [0.15, 0.2) is 29.0 Å². The Morgan fingerprint density at radius 1 is 1.22 bits per heavy atom. The summed E-state index contributed by atoms with van der Waals surface area (Å²) in [4.78, 5) is 23.1. The second-order valence-electron chi connectivity index (χ2n) is 7.54. The summed E-state index contributed by atoms with van der Waals surface area (Å²) in [7, 11) is 2.01. The normalized spacial score (nSPS) is 24.0. The van der Waals surface area contributed by atoms with Crippen LogP contribution < -0.4 is 10.6 Å². The van der Waals surface area contributed by atoms with Crippen LogP contribution in [0.1, 0.15) is 50.5 Å². The lowest BCUT2D eigenvalue weighted by atomic mass is 9.96. The van der Waals surface area contributed by atoms with E-state index in [0.717, 1.165) is 31.4 Å². The lowest BCUT2D eigenvalue weighted by Gasteiger charge is -2.24. The fraction of sp³-hybridized carbons (Fsp3) is 0.579. The first-order chi connectivity index (χ1) is 13.2. The van der Waals surface area contributed by atoms with Gasteiger partial charge in [-0.1, -0.05) is 24.4 Å². The number of nitrogens with one attached hydrogen (secondary N) is 2. The number of carbonyl (C=O) groups excluding carboxylic acids is 1. The van der Waals surface area contributed by atoms with E-state index in [2.05, 4.69) is 30.7 Å². The van der Waals surface area contributed by atoms with E-state index in [1.165, 1.54) is 19.3 Å². The molecule has 1 saturated heterocycles. The number of carbonyl (C=O) groups is 1. The Morgan fingerprint density at radius 2 is 2.04 bits per heavy atom. The van der Waals surface area contributed by atoms with Gasteiger partial charge in [0.2, 0.25) is 11.7 Å². The number of pyridine rings is 1. The molecule has 0 unspecified atom stereocenters. The molecule has 2 fully saturated rings. The van der Waals surface area contributed by atoms with E-state index in [4.69, 9.17) is 4.52 Å². The summed E-state index contributed by atoms with van der Waals surface area (Å²) >= 11 is 0. The molecule has 4 rings (SSSR count). The van der Waals surface area contributed by atoms with Gasteiger partial charge in [-0.2, -0.15) is 4.98 Å². The predicted octanol–water partition coefficient (Wildman–Crippen LogP) is 2.51. The first kappa shape index (κ1) is 17.9. The van der Waals surface area contributed by atoms with Gasteiger partial charge >= 0.3 is 6.03 Å². The first-order valence-corrected chi connectivity index (χ1v) is 9.70. The third kappa shape index (κ3) is 4.27. The minimum atomic E-state index is -0.0671. The topological polar surface area (TPSA) is 96.2 Å². The van der Waals surface area contributed by atoms with E-state index < -0.39 is 0 Å². The molecule has 2 amide bonds. The van der Waals surface area contributed by atoms with E-state index in [1.807, 2.05) is 19.2 Å². The van der Waals surface area contributed by atoms with Crippen molar-refractivity contribution in [2.24, 2.45) is 0 Å². The Labute approximate surface area is 158 Å². The molecule has 1 aliphatic carbocycles. The number of hydrogen-bond acceptors (Lipinski definition) is 6. The van der Waals surface area contributed by atoms with Crippen LogP contribution in [0, 0.1) is 0 Å². The zero-order valence-corrected chi connectivity index (χ0v) is 15.6. The molecule has 1 aliphatic heterocycles. The first-order valence-electron chi connectivity index (χ1n) is 9.70. The second-order valence-corrected chi connectivity index (χ2v) is 7.54. The van der Waals surface area contributed by atoms with Crippen molar-refractivity contribution in [2.45, 2.75) is 56.7 Å². The van der Waals surface area contributed by atoms with Crippen LogP contribution in [0.4, 0.5) is 4.79 Å². The van der Waals surface area contributed by atoms with E-state index in [1.54, 1.807) is 12.4 Å². The van der Waals surface area contributed by atoms with Gasteiger partial charge in [-0.05, 0) is 38.4 Å². The Balaban J connectivity index is 1.34. The van der Waals surface area contributed by atoms with Gasteiger partial charge in [0.05, 0.1) is 6.04 Å². The van der Waals surface area contributed by atoms with E-state index in [0.29, 0.717) is 17.8 Å². The Morgan fingerprint density at radius 3 is 2.81 bits per heavy atom. The molecule has 2 aromatic heterocycles. The number of urea groups is 1. The van der Waals surface area contributed by atoms with Gasteiger partial charge in [0, 0.05) is 36.6 Å². The molecule has 2 aromatic rings. The summed E-state index contributed by atoms with van der Waals surface area (Å²) in [5, 5.41) is 10.3. The van der Waals surface area contributed by atoms with Crippen molar-refractivity contribution >= 4 is 6.03 Å². The SMILES string of the molecule is CN1C[C@@H](NC(=O)NC2CCCCC2)C[C@H]1c1nc(-c2cccnc2)no1. The Kier molecular flexibility index (Phi) is 5.33. The molecule has 2 atom stereocenters. The predicted molar refractivity (Wildman–Crippen MR) is 99.8 cm³/mol. The second kappa shape index (κ2) is 8.04. The highest BCUT2D eigenvalue weighted by molar-refractivity contribution is 5.74. The number of likely N-dealkylation sites (N-methyl/N-ethyl adjacent to an activating group) is 1. The summed E-state index contributed by atoms with van der Waals surface area (Å²) in [6.45, 7) is 0.757. The summed E-state index contributed by atoms with van der Waals surface area (Å²) in [6.07, 6.45) is 10.0. The van der Waals surface area contributed by atoms with Crippen molar-refractivity contribution < 1.29 is 9.32 Å². The molecule has 0 bridgehead atoms. The summed E-state index contributed by atoms with van der Waals surface area (Å²) in [6, 6.07) is 4.06. The standard InChI is InChI=1S/C19H26N6O2/c1-25-12-15(22-19(26)21-14-7-3-2-4-8-14)10-16(25)18-23-17(24-27-18)13-6-5-9-20-11-13/h5-6,9,11,14-16H,2-4,7-8,10,12H2,1H3,(H2,21,22,26)/t15-,16-/m0/s1. The average Bonchev–Trinajstić information content (AvgIpc) is 3.30. The van der Waals surface area contributed by atoms with Crippen molar-refractivity contribution in [1.29, 1.82) is 0 Å². The zero-order valence-electron chi connectivity index (χ0n) is 15.6. The summed E-state index contributed by atoms with van der Waals surface area (Å²) in [5.41, 5.74) is 0.828. The van der Waals surface area contributed by atoms with Crippen molar-refractivity contribution in [3.63, 3.8) is 0 Å². The number of rotatable bonds is 4. The van der Waals surface area contributed by atoms with E-state index in [-0.39, 0.29) is 18.1 Å². The molecular weight excluding hydrogens is 344 g/mol. The van der Waals surface area contributed by atoms with Crippen molar-refractivity contribution in [1.82, 2.24) is 30.7 Å². The maximum Gasteiger partial charge on any atom is 0.315 e. The van der Waals surface area contributed by atoms with Crippen LogP contribution in [0.2, 0.25) is 0 Å². The molecule has 8 heteroatoms. The number of aromatic nitrogens is 3. The molecule has 1 saturated carbocycles. The minimum Gasteiger partial charge on any atom is -0.337 e. The quantitative estimate of drug-likeness (QED) is 0.858. The summed E-state index contributed by atoms with van der Waals surface area (Å²) < 4.78 is 5.49. The highest BCUT2D eigenvalue weighted by Gasteiger charge is 2.35. The minimum absolute atomic E-state index is 0.00269. The lowest BCUT2D eigenvalue weighted by Crippen LogP contribution is -2.47. The monoisotopic (exact) mass is 370 g/mol. The Bertz CT molecular complexity index is 759. The van der Waals surface area contributed by atoms with Crippen LogP contribution in [0.25, 0.3) is 11.4 Å². The molecule has 3 heterocycles. The number of likely N-dealkylation sites (tertiary alicyclic amines) is 1. The number of nitrogens with zero attached hydrogens (tertiary/aromatic N) is 4. The van der Waals surface area contributed by atoms with Crippen molar-refractivity contribution in [3.8, 4) is 11.4 Å². The fourth-order valence-corrected chi connectivity index (χ4v) is 4.03. The van der Waals surface area contributed by atoms with Crippen LogP contribution >= 0.6 is 0 Å². The lowest BCUT2D eigenvalue weighted by molar-refractivity contribution is 0.228. The fourth-order valence-electron chi connectivity index (χ4n) is 4.03. The largest absolute Gasteiger partial charge is 0.337 e. The molecule has 0 radical (unpaired) electrons. The van der Waals surface area contributed by atoms with Crippen LogP contribution in [-0.4, -0.2) is 51.7 Å². The maximum absolute atomic E-state index is 12.3. The Hall–Kier alpha value is -2.48. The van der Waals surface area contributed by atoms with Gasteiger partial charge in [-0.3, -0.25) is 9.88 Å². The molecule has 8 nitrogen and oxygen atoms in total. The van der Waals surface area contributed by atoms with Crippen LogP contribution in [0.3, 0.4) is 0 Å². The third-order valence-corrected chi connectivity index (χ3v) is 5.47. The third-order valence-electron chi connectivity index (χ3n) is 5.47. The highest BCUT2D eigenvalue weighted by Crippen LogP contribution is 2.30. The van der Waals surface area contributed by atoms with Gasteiger partial charge in [0.15, 0.2) is 0 Å². The van der Waals surface area contributed by atoms with Gasteiger partial charge in [-0.25, -0.2) is 4.79 Å². The van der Waals surface area contributed by atoms with Crippen LogP contribution in [-0.2, 0) is 0 Å². The molecule has 2 aliphatic rings. The number of amides is 2. The molecule has 144 valence electrons. The molecular formula is C19H26N6O2. The molecule has 0 aromatic carbocycles. The highest BCUT2D eigenvalue weighted by atomic mass is 16.5. The van der Waals surface area contributed by atoms with Gasteiger partial charge in [-0.15, -0.1) is 0 Å². The maximum atomic E-state index is 12.3. The molecule has 2 N–H and O–H groups in total. The molecule has 27 heavy (non-hydrogen) atoms. The average molecular weight is 370 g/mol. The van der Waals surface area contributed by atoms with Gasteiger partial charge < -0.3 is 15.2 Å². The van der Waals surface area contributed by atoms with E-state index in [9.17, 15) is 4.79 Å². The van der Waals surface area contributed by atoms with Crippen LogP contribution in [0.5, 0.6) is 0 Å². The number of hydrogen-bond donors (Lipinski definition) is 2. The summed E-state index contributed by atoms with van der Waals surface area (Å²) in [5.74, 6) is 1.12. The van der Waals surface area contributed by atoms with Gasteiger partial charge in [0.1, 0.15) is 0 Å². The van der Waals surface area contributed by atoms with E-state index >= 15 is 0 Å². The van der Waals surface area contributed by atoms with Gasteiger partial charge in [0.25, 0.3) is 0 Å².